The molecule has 0 N–H and O–H groups in total. The molecule has 0 saturated heterocycles. The molecular weight excluding hydrogens is 186 g/mol. The van der Waals surface area contributed by atoms with Gasteiger partial charge in [-0.05, 0) is 24.1 Å². The minimum atomic E-state index is -0.462. The maximum atomic E-state index is 10.9. The molecule has 0 amide bonds. The Labute approximate surface area is 81.7 Å². The smallest absolute Gasteiger partial charge is 0.236 e. The SMILES string of the molecule is Cc1cccc(Cl)c1CC(=O)C#N. The minimum absolute atomic E-state index is 0.0992. The largest absolute Gasteiger partial charge is 0.282 e. The zero-order valence-corrected chi connectivity index (χ0v) is 7.93. The zero-order valence-electron chi connectivity index (χ0n) is 7.17. The third kappa shape index (κ3) is 2.30. The second-order valence-corrected chi connectivity index (χ2v) is 3.15. The predicted octanol–water partition coefficient (Wildman–Crippen LogP) is 2.28. The lowest BCUT2D eigenvalue weighted by atomic mass is 10.0. The maximum Gasteiger partial charge on any atom is 0.236 e. The lowest BCUT2D eigenvalue weighted by Gasteiger charge is -2.03. The molecule has 66 valence electrons. The lowest BCUT2D eigenvalue weighted by molar-refractivity contribution is -0.113. The summed E-state index contributed by atoms with van der Waals surface area (Å²) in [4.78, 5) is 10.9. The summed E-state index contributed by atoms with van der Waals surface area (Å²) in [5.41, 5.74) is 1.69. The fraction of sp³-hybridized carbons (Fsp3) is 0.200. The van der Waals surface area contributed by atoms with Crippen molar-refractivity contribution in [2.45, 2.75) is 13.3 Å². The van der Waals surface area contributed by atoms with E-state index in [2.05, 4.69) is 0 Å². The van der Waals surface area contributed by atoms with Gasteiger partial charge < -0.3 is 0 Å². The molecule has 0 bridgehead atoms. The highest BCUT2D eigenvalue weighted by Gasteiger charge is 2.08. The number of carbonyl (C=O) groups excluding carboxylic acids is 1. The number of aryl methyl sites for hydroxylation is 1. The maximum absolute atomic E-state index is 10.9. The first kappa shape index (κ1) is 9.76. The second kappa shape index (κ2) is 4.06. The van der Waals surface area contributed by atoms with Crippen molar-refractivity contribution in [1.82, 2.24) is 0 Å². The average Bonchev–Trinajstić information content (AvgIpc) is 2.11. The Hall–Kier alpha value is -1.33. The molecule has 0 aliphatic carbocycles. The van der Waals surface area contributed by atoms with Crippen molar-refractivity contribution in [1.29, 1.82) is 5.26 Å². The number of benzene rings is 1. The second-order valence-electron chi connectivity index (χ2n) is 2.75. The van der Waals surface area contributed by atoms with E-state index in [9.17, 15) is 4.79 Å². The van der Waals surface area contributed by atoms with Gasteiger partial charge in [0, 0.05) is 11.4 Å². The van der Waals surface area contributed by atoms with E-state index in [0.29, 0.717) is 5.02 Å². The molecule has 0 heterocycles. The van der Waals surface area contributed by atoms with Gasteiger partial charge in [0.2, 0.25) is 5.78 Å². The van der Waals surface area contributed by atoms with E-state index in [0.717, 1.165) is 11.1 Å². The van der Waals surface area contributed by atoms with Crippen molar-refractivity contribution in [2.75, 3.05) is 0 Å². The lowest BCUT2D eigenvalue weighted by Crippen LogP contribution is -2.01. The van der Waals surface area contributed by atoms with E-state index in [1.54, 1.807) is 12.1 Å². The van der Waals surface area contributed by atoms with Crippen LogP contribution in [0.2, 0.25) is 5.02 Å². The topological polar surface area (TPSA) is 40.9 Å². The molecule has 0 aliphatic heterocycles. The summed E-state index contributed by atoms with van der Waals surface area (Å²) in [6.07, 6.45) is 0.0992. The Morgan fingerprint density at radius 1 is 1.62 bits per heavy atom. The van der Waals surface area contributed by atoms with Gasteiger partial charge in [0.25, 0.3) is 0 Å². The molecule has 0 fully saturated rings. The highest BCUT2D eigenvalue weighted by molar-refractivity contribution is 6.31. The van der Waals surface area contributed by atoms with Gasteiger partial charge in [-0.2, -0.15) is 5.26 Å². The van der Waals surface area contributed by atoms with Crippen LogP contribution in [-0.4, -0.2) is 5.78 Å². The molecule has 0 aromatic heterocycles. The van der Waals surface area contributed by atoms with Crippen molar-refractivity contribution in [3.63, 3.8) is 0 Å². The molecule has 1 aromatic carbocycles. The van der Waals surface area contributed by atoms with Gasteiger partial charge in [-0.3, -0.25) is 4.79 Å². The van der Waals surface area contributed by atoms with E-state index in [1.807, 2.05) is 19.1 Å². The Kier molecular flexibility index (Phi) is 3.05. The highest BCUT2D eigenvalue weighted by Crippen LogP contribution is 2.19. The number of hydrogen-bond acceptors (Lipinski definition) is 2. The number of carbonyl (C=O) groups is 1. The van der Waals surface area contributed by atoms with Gasteiger partial charge in [0.15, 0.2) is 0 Å². The van der Waals surface area contributed by atoms with E-state index in [1.165, 1.54) is 0 Å². The first-order chi connectivity index (χ1) is 6.15. The molecule has 0 radical (unpaired) electrons. The Morgan fingerprint density at radius 3 is 2.85 bits per heavy atom. The monoisotopic (exact) mass is 193 g/mol. The average molecular weight is 194 g/mol. The summed E-state index contributed by atoms with van der Waals surface area (Å²) in [5, 5.41) is 8.88. The molecule has 0 atom stereocenters. The van der Waals surface area contributed by atoms with Crippen LogP contribution in [0.4, 0.5) is 0 Å². The van der Waals surface area contributed by atoms with Gasteiger partial charge in [-0.25, -0.2) is 0 Å². The number of rotatable bonds is 2. The summed E-state index contributed by atoms with van der Waals surface area (Å²) in [7, 11) is 0. The normalized spacial score (nSPS) is 9.31. The Bertz CT molecular complexity index is 359. The number of halogens is 1. The molecule has 3 heteroatoms. The third-order valence-electron chi connectivity index (χ3n) is 1.82. The van der Waals surface area contributed by atoms with Crippen LogP contribution in [-0.2, 0) is 11.2 Å². The number of ketones is 1. The summed E-state index contributed by atoms with van der Waals surface area (Å²) in [6.45, 7) is 1.87. The zero-order chi connectivity index (χ0) is 9.84. The summed E-state index contributed by atoms with van der Waals surface area (Å²) in [5.74, 6) is -0.462. The highest BCUT2D eigenvalue weighted by atomic mass is 35.5. The first-order valence-electron chi connectivity index (χ1n) is 3.82. The number of nitriles is 1. The standard InChI is InChI=1S/C10H8ClNO/c1-7-3-2-4-10(11)9(7)5-8(13)6-12/h2-4H,5H2,1H3. The van der Waals surface area contributed by atoms with Crippen LogP contribution in [0.25, 0.3) is 0 Å². The summed E-state index contributed by atoms with van der Waals surface area (Å²) in [6, 6.07) is 6.97. The van der Waals surface area contributed by atoms with Gasteiger partial charge in [-0.1, -0.05) is 23.7 Å². The van der Waals surface area contributed by atoms with Crippen molar-refractivity contribution < 1.29 is 4.79 Å². The first-order valence-corrected chi connectivity index (χ1v) is 4.20. The third-order valence-corrected chi connectivity index (χ3v) is 2.17. The van der Waals surface area contributed by atoms with Crippen molar-refractivity contribution in [3.05, 3.63) is 34.3 Å². The molecule has 2 nitrogen and oxygen atoms in total. The van der Waals surface area contributed by atoms with Crippen LogP contribution < -0.4 is 0 Å². The van der Waals surface area contributed by atoms with Crippen LogP contribution in [0.5, 0.6) is 0 Å². The van der Waals surface area contributed by atoms with Crippen LogP contribution in [0.1, 0.15) is 11.1 Å². The Balaban J connectivity index is 3.01. The van der Waals surface area contributed by atoms with Gasteiger partial charge in [0.05, 0.1) is 0 Å². The molecule has 13 heavy (non-hydrogen) atoms. The quantitative estimate of drug-likeness (QED) is 0.677. The molecule has 0 spiro atoms. The molecule has 0 aliphatic rings. The summed E-state index contributed by atoms with van der Waals surface area (Å²) < 4.78 is 0. The van der Waals surface area contributed by atoms with Gasteiger partial charge in [-0.15, -0.1) is 0 Å². The van der Waals surface area contributed by atoms with Crippen molar-refractivity contribution in [3.8, 4) is 6.07 Å². The molecule has 1 aromatic rings. The van der Waals surface area contributed by atoms with Gasteiger partial charge >= 0.3 is 0 Å². The van der Waals surface area contributed by atoms with E-state index < -0.39 is 5.78 Å². The predicted molar refractivity (Wildman–Crippen MR) is 50.5 cm³/mol. The van der Waals surface area contributed by atoms with Crippen LogP contribution in [0, 0.1) is 18.3 Å². The molecular formula is C10H8ClNO. The number of Topliss-reactive ketones (excluding diaryl/α,β-unsaturated/α-hetero) is 1. The van der Waals surface area contributed by atoms with Crippen molar-refractivity contribution >= 4 is 17.4 Å². The van der Waals surface area contributed by atoms with Gasteiger partial charge in [0.1, 0.15) is 6.07 Å². The van der Waals surface area contributed by atoms with Crippen LogP contribution >= 0.6 is 11.6 Å². The van der Waals surface area contributed by atoms with Crippen molar-refractivity contribution in [2.24, 2.45) is 0 Å². The molecule has 1 rings (SSSR count). The number of hydrogen-bond donors (Lipinski definition) is 0. The Morgan fingerprint density at radius 2 is 2.31 bits per heavy atom. The van der Waals surface area contributed by atoms with E-state index in [-0.39, 0.29) is 6.42 Å². The van der Waals surface area contributed by atoms with E-state index in [4.69, 9.17) is 16.9 Å². The van der Waals surface area contributed by atoms with Crippen LogP contribution in [0.15, 0.2) is 18.2 Å². The molecule has 0 unspecified atom stereocenters. The fourth-order valence-corrected chi connectivity index (χ4v) is 1.38. The van der Waals surface area contributed by atoms with Crippen LogP contribution in [0.3, 0.4) is 0 Å². The fourth-order valence-electron chi connectivity index (χ4n) is 1.09. The molecule has 0 saturated carbocycles. The van der Waals surface area contributed by atoms with E-state index >= 15 is 0 Å². The number of nitrogens with zero attached hydrogens (tertiary/aromatic N) is 1. The minimum Gasteiger partial charge on any atom is -0.282 e. The summed E-state index contributed by atoms with van der Waals surface area (Å²) >= 11 is 5.87.